The molecule has 0 unspecified atom stereocenters. The van der Waals surface area contributed by atoms with Gasteiger partial charge in [0.1, 0.15) is 6.54 Å². The van der Waals surface area contributed by atoms with Crippen LogP contribution in [0.4, 0.5) is 18.9 Å². The van der Waals surface area contributed by atoms with Gasteiger partial charge in [0.05, 0.1) is 4.90 Å². The molecular weight excluding hydrogens is 305 g/mol. The van der Waals surface area contributed by atoms with E-state index in [2.05, 4.69) is 0 Å². The number of nitrogens with two attached hydrogens (primary N) is 1. The van der Waals surface area contributed by atoms with Gasteiger partial charge in [-0.2, -0.15) is 17.5 Å². The van der Waals surface area contributed by atoms with Gasteiger partial charge in [-0.25, -0.2) is 8.42 Å². The molecule has 0 aromatic heterocycles. The Bertz CT molecular complexity index is 586. The van der Waals surface area contributed by atoms with Crippen LogP contribution in [0, 0.1) is 0 Å². The highest BCUT2D eigenvalue weighted by Gasteiger charge is 2.37. The smallest absolute Gasteiger partial charge is 0.399 e. The number of anilines is 1. The summed E-state index contributed by atoms with van der Waals surface area (Å²) in [7, 11) is -4.23. The van der Waals surface area contributed by atoms with E-state index in [1.54, 1.807) is 13.8 Å². The van der Waals surface area contributed by atoms with Crippen LogP contribution in [0.3, 0.4) is 0 Å². The summed E-state index contributed by atoms with van der Waals surface area (Å²) >= 11 is 0. The summed E-state index contributed by atoms with van der Waals surface area (Å²) in [6.45, 7) is 1.67. The average Bonchev–Trinajstić information content (AvgIpc) is 2.36. The van der Waals surface area contributed by atoms with Gasteiger partial charge in [0.25, 0.3) is 0 Å². The molecule has 0 atom stereocenters. The molecule has 120 valence electrons. The number of nitrogen functional groups attached to an aromatic ring is 1. The van der Waals surface area contributed by atoms with E-state index in [1.807, 2.05) is 0 Å². The minimum atomic E-state index is -4.59. The van der Waals surface area contributed by atoms with E-state index in [9.17, 15) is 21.6 Å². The van der Waals surface area contributed by atoms with Crippen molar-refractivity contribution in [3.05, 3.63) is 23.8 Å². The second-order valence-corrected chi connectivity index (χ2v) is 6.58. The van der Waals surface area contributed by atoms with Gasteiger partial charge in [-0.15, -0.1) is 0 Å². The predicted octanol–water partition coefficient (Wildman–Crippen LogP) is 2.79. The molecular formula is C13H19F3N2O2S. The Hall–Kier alpha value is -1.28. The number of sulfonamides is 1. The lowest BCUT2D eigenvalue weighted by Gasteiger charge is -2.24. The maximum atomic E-state index is 12.6. The number of halogens is 3. The van der Waals surface area contributed by atoms with Gasteiger partial charge in [-0.05, 0) is 30.5 Å². The fourth-order valence-electron chi connectivity index (χ4n) is 1.98. The lowest BCUT2D eigenvalue weighted by Crippen LogP contribution is -2.39. The van der Waals surface area contributed by atoms with E-state index < -0.39 is 22.7 Å². The van der Waals surface area contributed by atoms with Gasteiger partial charge in [-0.3, -0.25) is 0 Å². The number of aryl methyl sites for hydroxylation is 1. The van der Waals surface area contributed by atoms with Crippen molar-refractivity contribution in [1.82, 2.24) is 4.31 Å². The first-order valence-corrected chi connectivity index (χ1v) is 8.01. The van der Waals surface area contributed by atoms with E-state index in [0.29, 0.717) is 22.7 Å². The van der Waals surface area contributed by atoms with E-state index in [0.717, 1.165) is 0 Å². The van der Waals surface area contributed by atoms with E-state index >= 15 is 0 Å². The molecule has 0 aliphatic carbocycles. The highest BCUT2D eigenvalue weighted by atomic mass is 32.2. The standard InChI is InChI=1S/C13H19F3N2O2S/c1-3-7-18(9-13(14,15)16)21(19,20)12-8-11(17)6-5-10(12)4-2/h5-6,8H,3-4,7,9,17H2,1-2H3. The van der Waals surface area contributed by atoms with Crippen molar-refractivity contribution < 1.29 is 21.6 Å². The Morgan fingerprint density at radius 1 is 1.24 bits per heavy atom. The highest BCUT2D eigenvalue weighted by molar-refractivity contribution is 7.89. The number of rotatable bonds is 6. The Morgan fingerprint density at radius 2 is 1.86 bits per heavy atom. The van der Waals surface area contributed by atoms with Gasteiger partial charge in [0.15, 0.2) is 0 Å². The summed E-state index contributed by atoms with van der Waals surface area (Å²) in [5.41, 5.74) is 6.23. The van der Waals surface area contributed by atoms with Gasteiger partial charge in [0.2, 0.25) is 10.0 Å². The quantitative estimate of drug-likeness (QED) is 0.819. The van der Waals surface area contributed by atoms with Crippen molar-refractivity contribution in [2.75, 3.05) is 18.8 Å². The zero-order valence-electron chi connectivity index (χ0n) is 11.9. The van der Waals surface area contributed by atoms with Crippen molar-refractivity contribution in [2.45, 2.75) is 37.8 Å². The predicted molar refractivity (Wildman–Crippen MR) is 75.3 cm³/mol. The Labute approximate surface area is 122 Å². The third kappa shape index (κ3) is 4.60. The molecule has 4 nitrogen and oxygen atoms in total. The first kappa shape index (κ1) is 17.8. The van der Waals surface area contributed by atoms with Gasteiger partial charge >= 0.3 is 6.18 Å². The number of alkyl halides is 3. The largest absolute Gasteiger partial charge is 0.402 e. The summed E-state index contributed by atoms with van der Waals surface area (Å²) in [6, 6.07) is 4.28. The van der Waals surface area contributed by atoms with Crippen LogP contribution in [-0.4, -0.2) is 32.0 Å². The molecule has 0 amide bonds. The van der Waals surface area contributed by atoms with Crippen LogP contribution in [0.5, 0.6) is 0 Å². The SMILES string of the molecule is CCCN(CC(F)(F)F)S(=O)(=O)c1cc(N)ccc1CC. The molecule has 0 saturated heterocycles. The fourth-order valence-corrected chi connectivity index (χ4v) is 3.82. The lowest BCUT2D eigenvalue weighted by molar-refractivity contribution is -0.136. The van der Waals surface area contributed by atoms with E-state index in [-0.39, 0.29) is 17.1 Å². The van der Waals surface area contributed by atoms with Gasteiger partial charge in [0, 0.05) is 12.2 Å². The van der Waals surface area contributed by atoms with E-state index in [1.165, 1.54) is 18.2 Å². The molecule has 1 rings (SSSR count). The van der Waals surface area contributed by atoms with Crippen LogP contribution in [0.15, 0.2) is 23.1 Å². The maximum Gasteiger partial charge on any atom is 0.402 e. The molecule has 2 N–H and O–H groups in total. The van der Waals surface area contributed by atoms with Crippen LogP contribution in [0.1, 0.15) is 25.8 Å². The summed E-state index contributed by atoms with van der Waals surface area (Å²) in [5, 5.41) is 0. The molecule has 0 spiro atoms. The van der Waals surface area contributed by atoms with E-state index in [4.69, 9.17) is 5.73 Å². The molecule has 1 aromatic rings. The van der Waals surface area contributed by atoms with Crippen LogP contribution in [0.2, 0.25) is 0 Å². The first-order chi connectivity index (χ1) is 9.61. The third-order valence-electron chi connectivity index (χ3n) is 2.92. The monoisotopic (exact) mass is 324 g/mol. The topological polar surface area (TPSA) is 63.4 Å². The number of hydrogen-bond acceptors (Lipinski definition) is 3. The second kappa shape index (κ2) is 6.65. The summed E-state index contributed by atoms with van der Waals surface area (Å²) in [6.07, 6.45) is -3.91. The molecule has 0 heterocycles. The Balaban J connectivity index is 3.32. The number of benzene rings is 1. The summed E-state index contributed by atoms with van der Waals surface area (Å²) in [5.74, 6) is 0. The van der Waals surface area contributed by atoms with Crippen LogP contribution in [0.25, 0.3) is 0 Å². The number of hydrogen-bond donors (Lipinski definition) is 1. The zero-order valence-corrected chi connectivity index (χ0v) is 12.8. The van der Waals surface area contributed by atoms with Crippen LogP contribution < -0.4 is 5.73 Å². The third-order valence-corrected chi connectivity index (χ3v) is 4.85. The molecule has 0 saturated carbocycles. The molecule has 0 fully saturated rings. The molecule has 0 radical (unpaired) electrons. The average molecular weight is 324 g/mol. The van der Waals surface area contributed by atoms with Crippen molar-refractivity contribution in [2.24, 2.45) is 0 Å². The highest BCUT2D eigenvalue weighted by Crippen LogP contribution is 2.26. The summed E-state index contributed by atoms with van der Waals surface area (Å²) in [4.78, 5) is -0.150. The lowest BCUT2D eigenvalue weighted by atomic mass is 10.1. The minimum absolute atomic E-state index is 0.150. The van der Waals surface area contributed by atoms with Gasteiger partial charge < -0.3 is 5.73 Å². The Kier molecular flexibility index (Phi) is 5.63. The first-order valence-electron chi connectivity index (χ1n) is 6.57. The normalized spacial score (nSPS) is 12.9. The molecule has 0 aliphatic heterocycles. The van der Waals surface area contributed by atoms with Crippen LogP contribution in [-0.2, 0) is 16.4 Å². The molecule has 0 bridgehead atoms. The summed E-state index contributed by atoms with van der Waals surface area (Å²) < 4.78 is 63.3. The molecule has 1 aromatic carbocycles. The zero-order chi connectivity index (χ0) is 16.3. The van der Waals surface area contributed by atoms with Crippen molar-refractivity contribution >= 4 is 15.7 Å². The minimum Gasteiger partial charge on any atom is -0.399 e. The van der Waals surface area contributed by atoms with Gasteiger partial charge in [-0.1, -0.05) is 19.9 Å². The fraction of sp³-hybridized carbons (Fsp3) is 0.538. The molecule has 0 aliphatic rings. The van der Waals surface area contributed by atoms with Crippen molar-refractivity contribution in [3.63, 3.8) is 0 Å². The second-order valence-electron chi connectivity index (χ2n) is 4.67. The van der Waals surface area contributed by atoms with Crippen molar-refractivity contribution in [1.29, 1.82) is 0 Å². The number of nitrogens with zero attached hydrogens (tertiary/aromatic N) is 1. The maximum absolute atomic E-state index is 12.6. The molecule has 8 heteroatoms. The van der Waals surface area contributed by atoms with Crippen LogP contribution >= 0.6 is 0 Å². The molecule has 21 heavy (non-hydrogen) atoms. The Morgan fingerprint density at radius 3 is 2.33 bits per heavy atom. The van der Waals surface area contributed by atoms with Crippen molar-refractivity contribution in [3.8, 4) is 0 Å².